The summed E-state index contributed by atoms with van der Waals surface area (Å²) in [5.41, 5.74) is 6.17. The SMILES string of the molecule is Cc1cccc(NC(=O)NCc2c(C)nn(Cc3ccccc3)c2C)c1. The average Bonchev–Trinajstić information content (AvgIpc) is 2.87. The van der Waals surface area contributed by atoms with Gasteiger partial charge in [-0.3, -0.25) is 4.68 Å². The van der Waals surface area contributed by atoms with E-state index in [9.17, 15) is 4.79 Å². The third kappa shape index (κ3) is 4.30. The highest BCUT2D eigenvalue weighted by molar-refractivity contribution is 5.89. The highest BCUT2D eigenvalue weighted by Crippen LogP contribution is 2.15. The molecule has 3 rings (SSSR count). The Morgan fingerprint density at radius 1 is 1.04 bits per heavy atom. The molecule has 0 spiro atoms. The lowest BCUT2D eigenvalue weighted by atomic mass is 10.2. The van der Waals surface area contributed by atoms with Crippen molar-refractivity contribution >= 4 is 11.7 Å². The van der Waals surface area contributed by atoms with Gasteiger partial charge >= 0.3 is 6.03 Å². The van der Waals surface area contributed by atoms with Gasteiger partial charge in [0, 0.05) is 23.5 Å². The molecule has 0 aliphatic rings. The molecule has 1 aromatic heterocycles. The van der Waals surface area contributed by atoms with E-state index in [1.54, 1.807) is 0 Å². The molecule has 0 unspecified atom stereocenters. The third-order valence-corrected chi connectivity index (χ3v) is 4.41. The number of benzene rings is 2. The largest absolute Gasteiger partial charge is 0.334 e. The smallest absolute Gasteiger partial charge is 0.319 e. The molecule has 3 aromatic rings. The van der Waals surface area contributed by atoms with Gasteiger partial charge < -0.3 is 10.6 Å². The second kappa shape index (κ2) is 7.87. The summed E-state index contributed by atoms with van der Waals surface area (Å²) < 4.78 is 1.99. The molecule has 0 fully saturated rings. The van der Waals surface area contributed by atoms with Crippen LogP contribution >= 0.6 is 0 Å². The lowest BCUT2D eigenvalue weighted by Gasteiger charge is -2.09. The maximum atomic E-state index is 12.2. The first-order valence-corrected chi connectivity index (χ1v) is 8.71. The summed E-state index contributed by atoms with van der Waals surface area (Å²) in [5, 5.41) is 10.4. The van der Waals surface area contributed by atoms with Crippen LogP contribution in [0.2, 0.25) is 0 Å². The number of urea groups is 1. The quantitative estimate of drug-likeness (QED) is 0.727. The summed E-state index contributed by atoms with van der Waals surface area (Å²) in [6.45, 7) is 7.19. The van der Waals surface area contributed by atoms with E-state index in [4.69, 9.17) is 0 Å². The van der Waals surface area contributed by atoms with Crippen molar-refractivity contribution in [3.63, 3.8) is 0 Å². The van der Waals surface area contributed by atoms with Crippen LogP contribution < -0.4 is 10.6 Å². The second-order valence-electron chi connectivity index (χ2n) is 6.47. The minimum Gasteiger partial charge on any atom is -0.334 e. The van der Waals surface area contributed by atoms with E-state index in [1.165, 1.54) is 5.56 Å². The normalized spacial score (nSPS) is 10.6. The lowest BCUT2D eigenvalue weighted by Crippen LogP contribution is -2.28. The maximum absolute atomic E-state index is 12.2. The van der Waals surface area contributed by atoms with E-state index in [0.717, 1.165) is 34.7 Å². The number of hydrogen-bond donors (Lipinski definition) is 2. The van der Waals surface area contributed by atoms with Crippen molar-refractivity contribution in [2.45, 2.75) is 33.9 Å². The Morgan fingerprint density at radius 2 is 1.81 bits per heavy atom. The lowest BCUT2D eigenvalue weighted by molar-refractivity contribution is 0.251. The Balaban J connectivity index is 1.63. The Hall–Kier alpha value is -3.08. The van der Waals surface area contributed by atoms with Gasteiger partial charge in [-0.1, -0.05) is 42.5 Å². The Labute approximate surface area is 154 Å². The van der Waals surface area contributed by atoms with E-state index in [-0.39, 0.29) is 6.03 Å². The van der Waals surface area contributed by atoms with E-state index in [0.29, 0.717) is 6.54 Å². The summed E-state index contributed by atoms with van der Waals surface area (Å²) in [7, 11) is 0. The molecule has 5 nitrogen and oxygen atoms in total. The van der Waals surface area contributed by atoms with E-state index < -0.39 is 0 Å². The van der Waals surface area contributed by atoms with Crippen LogP contribution in [0.5, 0.6) is 0 Å². The van der Waals surface area contributed by atoms with Gasteiger partial charge in [-0.05, 0) is 44.0 Å². The van der Waals surface area contributed by atoms with Crippen molar-refractivity contribution in [1.29, 1.82) is 0 Å². The number of nitrogens with one attached hydrogen (secondary N) is 2. The minimum atomic E-state index is -0.217. The van der Waals surface area contributed by atoms with Gasteiger partial charge in [0.2, 0.25) is 0 Å². The number of anilines is 1. The molecular formula is C21H24N4O. The summed E-state index contributed by atoms with van der Waals surface area (Å²) in [6, 6.07) is 17.8. The number of amides is 2. The zero-order chi connectivity index (χ0) is 18.5. The van der Waals surface area contributed by atoms with Gasteiger partial charge in [0.15, 0.2) is 0 Å². The molecule has 2 amide bonds. The molecule has 134 valence electrons. The molecule has 2 N–H and O–H groups in total. The molecule has 0 atom stereocenters. The predicted molar refractivity (Wildman–Crippen MR) is 104 cm³/mol. The monoisotopic (exact) mass is 348 g/mol. The zero-order valence-electron chi connectivity index (χ0n) is 15.4. The van der Waals surface area contributed by atoms with Gasteiger partial charge in [-0.2, -0.15) is 5.10 Å². The van der Waals surface area contributed by atoms with Gasteiger partial charge in [0.25, 0.3) is 0 Å². The number of carbonyl (C=O) groups is 1. The number of nitrogens with zero attached hydrogens (tertiary/aromatic N) is 2. The Kier molecular flexibility index (Phi) is 5.37. The van der Waals surface area contributed by atoms with Gasteiger partial charge in [-0.15, -0.1) is 0 Å². The van der Waals surface area contributed by atoms with Crippen LogP contribution in [0, 0.1) is 20.8 Å². The topological polar surface area (TPSA) is 59.0 Å². The van der Waals surface area contributed by atoms with Crippen LogP contribution in [0.1, 0.15) is 28.1 Å². The predicted octanol–water partition coefficient (Wildman–Crippen LogP) is 4.18. The molecule has 26 heavy (non-hydrogen) atoms. The average molecular weight is 348 g/mol. The molecular weight excluding hydrogens is 324 g/mol. The van der Waals surface area contributed by atoms with Crippen LogP contribution in [0.25, 0.3) is 0 Å². The molecule has 0 bridgehead atoms. The molecule has 0 saturated carbocycles. The zero-order valence-corrected chi connectivity index (χ0v) is 15.4. The van der Waals surface area contributed by atoms with Gasteiger partial charge in [0.1, 0.15) is 0 Å². The van der Waals surface area contributed by atoms with Crippen LogP contribution in [-0.4, -0.2) is 15.8 Å². The summed E-state index contributed by atoms with van der Waals surface area (Å²) >= 11 is 0. The molecule has 0 radical (unpaired) electrons. The summed E-state index contributed by atoms with van der Waals surface area (Å²) in [5.74, 6) is 0. The standard InChI is InChI=1S/C21H24N4O/c1-15-8-7-11-19(12-15)23-21(26)22-13-20-16(2)24-25(17(20)3)14-18-9-5-4-6-10-18/h4-12H,13-14H2,1-3H3,(H2,22,23,26). The maximum Gasteiger partial charge on any atom is 0.319 e. The van der Waals surface area contributed by atoms with Crippen LogP contribution in [-0.2, 0) is 13.1 Å². The highest BCUT2D eigenvalue weighted by atomic mass is 16.2. The molecule has 0 aliphatic heterocycles. The summed E-state index contributed by atoms with van der Waals surface area (Å²) in [6.07, 6.45) is 0. The molecule has 0 aliphatic carbocycles. The van der Waals surface area contributed by atoms with Crippen molar-refractivity contribution in [2.24, 2.45) is 0 Å². The van der Waals surface area contributed by atoms with Crippen molar-refractivity contribution < 1.29 is 4.79 Å². The fourth-order valence-electron chi connectivity index (χ4n) is 2.97. The van der Waals surface area contributed by atoms with Crippen molar-refractivity contribution in [3.8, 4) is 0 Å². The van der Waals surface area contributed by atoms with Crippen molar-refractivity contribution in [3.05, 3.63) is 82.7 Å². The number of hydrogen-bond acceptors (Lipinski definition) is 2. The van der Waals surface area contributed by atoms with Crippen molar-refractivity contribution in [1.82, 2.24) is 15.1 Å². The number of rotatable bonds is 5. The Bertz CT molecular complexity index is 900. The van der Waals surface area contributed by atoms with Gasteiger partial charge in [-0.25, -0.2) is 4.79 Å². The Morgan fingerprint density at radius 3 is 2.54 bits per heavy atom. The first-order chi connectivity index (χ1) is 12.5. The van der Waals surface area contributed by atoms with Crippen LogP contribution in [0.15, 0.2) is 54.6 Å². The molecule has 5 heteroatoms. The van der Waals surface area contributed by atoms with E-state index >= 15 is 0 Å². The minimum absolute atomic E-state index is 0.217. The van der Waals surface area contributed by atoms with Crippen LogP contribution in [0.4, 0.5) is 10.5 Å². The first kappa shape index (κ1) is 17.7. The van der Waals surface area contributed by atoms with Crippen molar-refractivity contribution in [2.75, 3.05) is 5.32 Å². The molecule has 2 aromatic carbocycles. The van der Waals surface area contributed by atoms with E-state index in [1.807, 2.05) is 67.9 Å². The number of carbonyl (C=O) groups excluding carboxylic acids is 1. The fourth-order valence-corrected chi connectivity index (χ4v) is 2.97. The highest BCUT2D eigenvalue weighted by Gasteiger charge is 2.13. The molecule has 0 saturated heterocycles. The second-order valence-corrected chi connectivity index (χ2v) is 6.47. The fraction of sp³-hybridized carbons (Fsp3) is 0.238. The summed E-state index contributed by atoms with van der Waals surface area (Å²) in [4.78, 5) is 12.2. The van der Waals surface area contributed by atoms with Gasteiger partial charge in [0.05, 0.1) is 12.2 Å². The third-order valence-electron chi connectivity index (χ3n) is 4.41. The van der Waals surface area contributed by atoms with E-state index in [2.05, 4.69) is 27.9 Å². The number of aromatic nitrogens is 2. The number of aryl methyl sites for hydroxylation is 2. The first-order valence-electron chi connectivity index (χ1n) is 8.71. The van der Waals surface area contributed by atoms with Crippen LogP contribution in [0.3, 0.4) is 0 Å². The molecule has 1 heterocycles.